The first-order valence-electron chi connectivity index (χ1n) is 3.72. The number of alkyl halides is 6. The van der Waals surface area contributed by atoms with Gasteiger partial charge < -0.3 is 0 Å². The molecule has 1 saturated carbocycles. The molecule has 0 nitrogen and oxygen atoms in total. The summed E-state index contributed by atoms with van der Waals surface area (Å²) >= 11 is 0. The average Bonchev–Trinajstić information content (AvgIpc) is 2.23. The van der Waals surface area contributed by atoms with Crippen molar-refractivity contribution in [2.24, 2.45) is 0 Å². The largest absolute Gasteiger partial charge is 0.428 e. The Morgan fingerprint density at radius 2 is 1.53 bits per heavy atom. The van der Waals surface area contributed by atoms with Crippen LogP contribution in [0.2, 0.25) is 0 Å². The normalized spacial score (nSPS) is 30.8. The minimum atomic E-state index is -5.87. The Bertz CT molecular complexity index is 297. The van der Waals surface area contributed by atoms with Gasteiger partial charge in [-0.2, -0.15) is 30.7 Å². The van der Waals surface area contributed by atoms with Gasteiger partial charge in [0, 0.05) is 6.42 Å². The highest BCUT2D eigenvalue weighted by atomic mass is 19.4. The Labute approximate surface area is 78.6 Å². The molecule has 0 aromatic carbocycles. The number of allylic oxidation sites excluding steroid dienone is 1. The molecule has 0 heterocycles. The van der Waals surface area contributed by atoms with Crippen LogP contribution < -0.4 is 0 Å². The van der Waals surface area contributed by atoms with E-state index in [0.29, 0.717) is 0 Å². The van der Waals surface area contributed by atoms with Crippen molar-refractivity contribution >= 4 is 0 Å². The van der Waals surface area contributed by atoms with E-state index in [4.69, 9.17) is 0 Å². The minimum Gasteiger partial charge on any atom is -0.227 e. The predicted molar refractivity (Wildman–Crippen MR) is 33.3 cm³/mol. The van der Waals surface area contributed by atoms with Crippen molar-refractivity contribution in [3.05, 3.63) is 11.7 Å². The Morgan fingerprint density at radius 1 is 1.07 bits per heavy atom. The molecule has 0 spiro atoms. The molecule has 1 atom stereocenters. The van der Waals surface area contributed by atoms with Gasteiger partial charge in [0.1, 0.15) is 0 Å². The third kappa shape index (κ3) is 1.50. The van der Waals surface area contributed by atoms with E-state index < -0.39 is 42.3 Å². The SMILES string of the molecule is FC(F)=C1CCC(F)(C(F)(F)F)C1(F)F. The van der Waals surface area contributed by atoms with Crippen LogP contribution in [0, 0.1) is 0 Å². The lowest BCUT2D eigenvalue weighted by Gasteiger charge is -2.28. The van der Waals surface area contributed by atoms with E-state index in [0.717, 1.165) is 0 Å². The molecule has 0 aromatic rings. The average molecular weight is 240 g/mol. The quantitative estimate of drug-likeness (QED) is 0.564. The summed E-state index contributed by atoms with van der Waals surface area (Å²) in [6, 6.07) is 0. The molecular formula is C7H4F8. The van der Waals surface area contributed by atoms with Crippen LogP contribution in [-0.4, -0.2) is 17.8 Å². The molecule has 0 N–H and O–H groups in total. The van der Waals surface area contributed by atoms with Gasteiger partial charge in [-0.1, -0.05) is 0 Å². The van der Waals surface area contributed by atoms with E-state index in [1.165, 1.54) is 0 Å². The minimum absolute atomic E-state index is 1.30. The van der Waals surface area contributed by atoms with Gasteiger partial charge in [-0.05, 0) is 6.42 Å². The summed E-state index contributed by atoms with van der Waals surface area (Å²) in [6.45, 7) is 0. The molecule has 0 bridgehead atoms. The summed E-state index contributed by atoms with van der Waals surface area (Å²) in [5.41, 5.74) is -6.96. The van der Waals surface area contributed by atoms with Crippen LogP contribution in [0.15, 0.2) is 11.7 Å². The van der Waals surface area contributed by atoms with E-state index in [1.54, 1.807) is 0 Å². The highest BCUT2D eigenvalue weighted by molar-refractivity contribution is 5.28. The maximum absolute atomic E-state index is 13.0. The monoisotopic (exact) mass is 240 g/mol. The second kappa shape index (κ2) is 3.08. The number of halogens is 8. The van der Waals surface area contributed by atoms with Crippen LogP contribution in [0.25, 0.3) is 0 Å². The smallest absolute Gasteiger partial charge is 0.227 e. The van der Waals surface area contributed by atoms with Gasteiger partial charge in [0.2, 0.25) is 0 Å². The lowest BCUT2D eigenvalue weighted by molar-refractivity contribution is -0.283. The maximum atomic E-state index is 13.0. The Morgan fingerprint density at radius 3 is 1.73 bits per heavy atom. The Balaban J connectivity index is 3.26. The van der Waals surface area contributed by atoms with Gasteiger partial charge in [0.15, 0.2) is 0 Å². The first-order valence-corrected chi connectivity index (χ1v) is 3.72. The van der Waals surface area contributed by atoms with Crippen LogP contribution in [0.4, 0.5) is 35.1 Å². The van der Waals surface area contributed by atoms with Crippen molar-refractivity contribution in [3.8, 4) is 0 Å². The Kier molecular flexibility index (Phi) is 2.52. The van der Waals surface area contributed by atoms with Crippen molar-refractivity contribution in [3.63, 3.8) is 0 Å². The second-order valence-corrected chi connectivity index (χ2v) is 3.11. The molecule has 0 aliphatic heterocycles. The van der Waals surface area contributed by atoms with E-state index >= 15 is 0 Å². The molecule has 1 fully saturated rings. The molecule has 0 saturated heterocycles. The zero-order valence-corrected chi connectivity index (χ0v) is 6.94. The molecule has 15 heavy (non-hydrogen) atoms. The molecule has 1 aliphatic carbocycles. The molecule has 8 heteroatoms. The standard InChI is InChI=1S/C7H4F8/c8-4(9)3-1-2-5(10,6(3,11)12)7(13,14)15/h1-2H2. The second-order valence-electron chi connectivity index (χ2n) is 3.11. The lowest BCUT2D eigenvalue weighted by Crippen LogP contribution is -2.52. The van der Waals surface area contributed by atoms with Gasteiger partial charge in [-0.25, -0.2) is 4.39 Å². The van der Waals surface area contributed by atoms with E-state index in [-0.39, 0.29) is 0 Å². The zero-order valence-electron chi connectivity index (χ0n) is 6.94. The van der Waals surface area contributed by atoms with Crippen LogP contribution >= 0.6 is 0 Å². The summed E-state index contributed by atoms with van der Waals surface area (Å²) in [5, 5.41) is 0. The molecule has 88 valence electrons. The van der Waals surface area contributed by atoms with Crippen molar-refractivity contribution in [1.29, 1.82) is 0 Å². The van der Waals surface area contributed by atoms with Crippen LogP contribution in [0.3, 0.4) is 0 Å². The summed E-state index contributed by atoms with van der Waals surface area (Å²) in [4.78, 5) is 0. The first-order chi connectivity index (χ1) is 6.54. The van der Waals surface area contributed by atoms with Gasteiger partial charge in [-0.15, -0.1) is 0 Å². The van der Waals surface area contributed by atoms with Crippen LogP contribution in [0.5, 0.6) is 0 Å². The fourth-order valence-electron chi connectivity index (χ4n) is 1.38. The van der Waals surface area contributed by atoms with E-state index in [2.05, 4.69) is 0 Å². The van der Waals surface area contributed by atoms with Gasteiger partial charge >= 0.3 is 12.1 Å². The zero-order chi connectivity index (χ0) is 12.1. The molecule has 1 rings (SSSR count). The Hall–Kier alpha value is -0.820. The molecule has 1 aliphatic rings. The van der Waals surface area contributed by atoms with Crippen molar-refractivity contribution in [1.82, 2.24) is 0 Å². The summed E-state index contributed by atoms with van der Waals surface area (Å²) in [5.74, 6) is -5.19. The highest BCUT2D eigenvalue weighted by Crippen LogP contribution is 2.58. The highest BCUT2D eigenvalue weighted by Gasteiger charge is 2.75. The fraction of sp³-hybridized carbons (Fsp3) is 0.714. The molecular weight excluding hydrogens is 236 g/mol. The molecule has 1 unspecified atom stereocenters. The maximum Gasteiger partial charge on any atom is 0.428 e. The van der Waals surface area contributed by atoms with Crippen molar-refractivity contribution < 1.29 is 35.1 Å². The van der Waals surface area contributed by atoms with Gasteiger partial charge in [0.05, 0.1) is 5.57 Å². The number of rotatable bonds is 0. The third-order valence-electron chi connectivity index (χ3n) is 2.27. The fourth-order valence-corrected chi connectivity index (χ4v) is 1.38. The number of hydrogen-bond donors (Lipinski definition) is 0. The number of hydrogen-bond acceptors (Lipinski definition) is 0. The molecule has 0 amide bonds. The van der Waals surface area contributed by atoms with Crippen LogP contribution in [0.1, 0.15) is 12.8 Å². The first kappa shape index (κ1) is 12.3. The predicted octanol–water partition coefficient (Wildman–Crippen LogP) is 3.84. The van der Waals surface area contributed by atoms with Crippen molar-refractivity contribution in [2.75, 3.05) is 0 Å². The summed E-state index contributed by atoms with van der Waals surface area (Å²) in [6.07, 6.45) is -11.8. The topological polar surface area (TPSA) is 0 Å². The summed E-state index contributed by atoms with van der Waals surface area (Å²) in [7, 11) is 0. The summed E-state index contributed by atoms with van der Waals surface area (Å²) < 4.78 is 98.0. The van der Waals surface area contributed by atoms with Gasteiger partial charge in [0.25, 0.3) is 11.7 Å². The van der Waals surface area contributed by atoms with Crippen molar-refractivity contribution in [2.45, 2.75) is 30.6 Å². The van der Waals surface area contributed by atoms with Gasteiger partial charge in [-0.3, -0.25) is 0 Å². The lowest BCUT2D eigenvalue weighted by atomic mass is 9.99. The molecule has 0 aromatic heterocycles. The molecule has 0 radical (unpaired) electrons. The van der Waals surface area contributed by atoms with E-state index in [1.807, 2.05) is 0 Å². The van der Waals surface area contributed by atoms with Crippen LogP contribution in [-0.2, 0) is 0 Å². The third-order valence-corrected chi connectivity index (χ3v) is 2.27. The van der Waals surface area contributed by atoms with E-state index in [9.17, 15) is 35.1 Å².